The van der Waals surface area contributed by atoms with E-state index in [0.717, 1.165) is 57.8 Å². The van der Waals surface area contributed by atoms with Crippen LogP contribution in [0.5, 0.6) is 0 Å². The largest absolute Gasteiger partial charge is 0.480 e. The Morgan fingerprint density at radius 3 is 1.50 bits per heavy atom. The van der Waals surface area contributed by atoms with Crippen molar-refractivity contribution in [2.75, 3.05) is 6.54 Å². The van der Waals surface area contributed by atoms with Gasteiger partial charge in [0.25, 0.3) is 0 Å². The first-order valence-corrected chi connectivity index (χ1v) is 15.2. The predicted octanol–water partition coefficient (Wildman–Crippen LogP) is 8.11. The Bertz CT molecular complexity index is 537. The zero-order chi connectivity index (χ0) is 26.7. The Hall–Kier alpha value is -1.59. The number of esters is 1. The van der Waals surface area contributed by atoms with Crippen molar-refractivity contribution in [3.63, 3.8) is 0 Å². The van der Waals surface area contributed by atoms with E-state index < -0.39 is 5.97 Å². The van der Waals surface area contributed by atoms with E-state index in [0.29, 0.717) is 12.8 Å². The molecule has 212 valence electrons. The van der Waals surface area contributed by atoms with Gasteiger partial charge in [-0.1, -0.05) is 110 Å². The maximum absolute atomic E-state index is 12.4. The van der Waals surface area contributed by atoms with Crippen molar-refractivity contribution in [1.82, 2.24) is 5.32 Å². The molecule has 0 aromatic carbocycles. The molecule has 0 aliphatic rings. The van der Waals surface area contributed by atoms with Gasteiger partial charge in [-0.15, -0.1) is 0 Å². The maximum Gasteiger partial charge on any atom is 0.322 e. The lowest BCUT2D eigenvalue weighted by Gasteiger charge is -2.18. The maximum atomic E-state index is 12.4. The molecule has 1 amide bonds. The minimum atomic E-state index is -1.02. The minimum Gasteiger partial charge on any atom is -0.480 e. The molecule has 0 aromatic rings. The van der Waals surface area contributed by atoms with Gasteiger partial charge < -0.3 is 15.2 Å². The Labute approximate surface area is 221 Å². The highest BCUT2D eigenvalue weighted by molar-refractivity contribution is 5.80. The molecule has 1 unspecified atom stereocenters. The first-order chi connectivity index (χ1) is 17.5. The van der Waals surface area contributed by atoms with Crippen molar-refractivity contribution < 1.29 is 24.2 Å². The highest BCUT2D eigenvalue weighted by atomic mass is 16.5. The van der Waals surface area contributed by atoms with Gasteiger partial charge in [-0.3, -0.25) is 14.4 Å². The van der Waals surface area contributed by atoms with Crippen LogP contribution in [0.2, 0.25) is 0 Å². The van der Waals surface area contributed by atoms with Gasteiger partial charge >= 0.3 is 11.9 Å². The van der Waals surface area contributed by atoms with Gasteiger partial charge in [0.05, 0.1) is 0 Å². The lowest BCUT2D eigenvalue weighted by atomic mass is 10.0. The van der Waals surface area contributed by atoms with Gasteiger partial charge in [-0.25, -0.2) is 0 Å². The summed E-state index contributed by atoms with van der Waals surface area (Å²) in [6.07, 6.45) is 25.1. The summed E-state index contributed by atoms with van der Waals surface area (Å²) in [6, 6.07) is 0. The summed E-state index contributed by atoms with van der Waals surface area (Å²) in [5.74, 6) is -1.27. The summed E-state index contributed by atoms with van der Waals surface area (Å²) >= 11 is 0. The molecule has 36 heavy (non-hydrogen) atoms. The standard InChI is InChI=1S/C30H57NO5/c1-3-5-7-9-10-11-12-13-15-21-25-30(35)36-27(22-18-14-8-6-4-2)23-19-16-17-20-24-28(32)31-26-29(33)34/h27H,3-26H2,1-2H3,(H,31,32)(H,33,34). The third kappa shape index (κ3) is 25.5. The summed E-state index contributed by atoms with van der Waals surface area (Å²) in [5, 5.41) is 11.0. The van der Waals surface area contributed by atoms with E-state index in [2.05, 4.69) is 19.2 Å². The monoisotopic (exact) mass is 511 g/mol. The van der Waals surface area contributed by atoms with Crippen molar-refractivity contribution in [2.24, 2.45) is 0 Å². The van der Waals surface area contributed by atoms with Crippen LogP contribution in [0, 0.1) is 0 Å². The summed E-state index contributed by atoms with van der Waals surface area (Å²) in [5.41, 5.74) is 0. The van der Waals surface area contributed by atoms with E-state index in [9.17, 15) is 14.4 Å². The molecule has 6 nitrogen and oxygen atoms in total. The van der Waals surface area contributed by atoms with Crippen LogP contribution in [0.25, 0.3) is 0 Å². The number of carbonyl (C=O) groups is 3. The molecule has 0 rings (SSSR count). The second-order valence-corrected chi connectivity index (χ2v) is 10.4. The SMILES string of the molecule is CCCCCCCCCCCCC(=O)OC(CCCCCCC)CCCCCCC(=O)NCC(=O)O. The first kappa shape index (κ1) is 34.4. The fourth-order valence-corrected chi connectivity index (χ4v) is 4.51. The van der Waals surface area contributed by atoms with E-state index in [1.165, 1.54) is 77.0 Å². The van der Waals surface area contributed by atoms with Crippen molar-refractivity contribution in [1.29, 1.82) is 0 Å². The number of nitrogens with one attached hydrogen (secondary N) is 1. The second-order valence-electron chi connectivity index (χ2n) is 10.4. The molecule has 0 aliphatic heterocycles. The number of ether oxygens (including phenoxy) is 1. The third-order valence-corrected chi connectivity index (χ3v) is 6.78. The van der Waals surface area contributed by atoms with E-state index >= 15 is 0 Å². The van der Waals surface area contributed by atoms with Crippen LogP contribution < -0.4 is 5.32 Å². The topological polar surface area (TPSA) is 92.7 Å². The van der Waals surface area contributed by atoms with E-state index in [1.807, 2.05) is 0 Å². The van der Waals surface area contributed by atoms with Crippen LogP contribution in [0.1, 0.15) is 162 Å². The molecule has 0 aromatic heterocycles. The average molecular weight is 512 g/mol. The fraction of sp³-hybridized carbons (Fsp3) is 0.900. The zero-order valence-electron chi connectivity index (χ0n) is 23.6. The van der Waals surface area contributed by atoms with Crippen LogP contribution in [-0.4, -0.2) is 35.6 Å². The molecule has 0 bridgehead atoms. The number of amides is 1. The van der Waals surface area contributed by atoms with E-state index in [-0.39, 0.29) is 24.5 Å². The molecule has 2 N–H and O–H groups in total. The average Bonchev–Trinajstić information content (AvgIpc) is 2.85. The lowest BCUT2D eigenvalue weighted by Crippen LogP contribution is -2.28. The van der Waals surface area contributed by atoms with Crippen molar-refractivity contribution in [3.8, 4) is 0 Å². The summed E-state index contributed by atoms with van der Waals surface area (Å²) in [7, 11) is 0. The zero-order valence-corrected chi connectivity index (χ0v) is 23.6. The molecule has 1 atom stereocenters. The molecule has 0 aliphatic carbocycles. The molecular weight excluding hydrogens is 454 g/mol. The number of carbonyl (C=O) groups excluding carboxylic acids is 2. The van der Waals surface area contributed by atoms with Gasteiger partial charge in [-0.2, -0.15) is 0 Å². The molecule has 0 saturated heterocycles. The van der Waals surface area contributed by atoms with Crippen molar-refractivity contribution in [3.05, 3.63) is 0 Å². The van der Waals surface area contributed by atoms with E-state index in [4.69, 9.17) is 9.84 Å². The van der Waals surface area contributed by atoms with Gasteiger partial charge in [0.2, 0.25) is 5.91 Å². The number of hydrogen-bond acceptors (Lipinski definition) is 4. The molecule has 0 radical (unpaired) electrons. The molecule has 0 saturated carbocycles. The predicted molar refractivity (Wildman–Crippen MR) is 148 cm³/mol. The van der Waals surface area contributed by atoms with Crippen LogP contribution in [0.15, 0.2) is 0 Å². The third-order valence-electron chi connectivity index (χ3n) is 6.78. The van der Waals surface area contributed by atoms with Crippen LogP contribution in [0.4, 0.5) is 0 Å². The number of carboxylic acids is 1. The second kappa shape index (κ2) is 26.5. The Kier molecular flexibility index (Phi) is 25.3. The van der Waals surface area contributed by atoms with Gasteiger partial charge in [0.15, 0.2) is 0 Å². The van der Waals surface area contributed by atoms with E-state index in [1.54, 1.807) is 0 Å². The summed E-state index contributed by atoms with van der Waals surface area (Å²) in [4.78, 5) is 34.5. The lowest BCUT2D eigenvalue weighted by molar-refractivity contribution is -0.150. The van der Waals surface area contributed by atoms with Crippen molar-refractivity contribution in [2.45, 2.75) is 168 Å². The number of unbranched alkanes of at least 4 members (excludes halogenated alkanes) is 16. The number of hydrogen-bond donors (Lipinski definition) is 2. The van der Waals surface area contributed by atoms with Crippen molar-refractivity contribution >= 4 is 17.8 Å². The molecule has 0 fully saturated rings. The summed E-state index contributed by atoms with van der Waals surface area (Å²) in [6.45, 7) is 4.15. The van der Waals surface area contributed by atoms with Gasteiger partial charge in [0.1, 0.15) is 12.6 Å². The smallest absolute Gasteiger partial charge is 0.322 e. The Balaban J connectivity index is 4.03. The Morgan fingerprint density at radius 2 is 1.03 bits per heavy atom. The highest BCUT2D eigenvalue weighted by Gasteiger charge is 2.14. The number of aliphatic carboxylic acids is 1. The quantitative estimate of drug-likeness (QED) is 0.0858. The first-order valence-electron chi connectivity index (χ1n) is 15.2. The molecule has 0 heterocycles. The normalized spacial score (nSPS) is 11.8. The molecule has 6 heteroatoms. The van der Waals surface area contributed by atoms with Crippen LogP contribution in [0.3, 0.4) is 0 Å². The highest BCUT2D eigenvalue weighted by Crippen LogP contribution is 2.18. The summed E-state index contributed by atoms with van der Waals surface area (Å²) < 4.78 is 5.88. The van der Waals surface area contributed by atoms with Crippen LogP contribution in [-0.2, 0) is 19.1 Å². The minimum absolute atomic E-state index is 0.0149. The number of carboxylic acid groups (broad SMARTS) is 1. The van der Waals surface area contributed by atoms with Crippen LogP contribution >= 0.6 is 0 Å². The molecular formula is C30H57NO5. The Morgan fingerprint density at radius 1 is 0.611 bits per heavy atom. The van der Waals surface area contributed by atoms with Gasteiger partial charge in [0, 0.05) is 12.8 Å². The fourth-order valence-electron chi connectivity index (χ4n) is 4.51. The molecule has 0 spiro atoms. The van der Waals surface area contributed by atoms with Gasteiger partial charge in [-0.05, 0) is 38.5 Å². The number of rotatable bonds is 27.